The summed E-state index contributed by atoms with van der Waals surface area (Å²) in [6.45, 7) is 0.219. The van der Waals surface area contributed by atoms with E-state index < -0.39 is 11.8 Å². The fourth-order valence-electron chi connectivity index (χ4n) is 4.15. The number of nitrogens with one attached hydrogen (secondary N) is 2. The molecule has 0 saturated carbocycles. The molecule has 0 aromatic heterocycles. The van der Waals surface area contributed by atoms with E-state index in [1.165, 1.54) is 0 Å². The van der Waals surface area contributed by atoms with Gasteiger partial charge in [-0.05, 0) is 41.6 Å². The maximum atomic E-state index is 13.0. The topological polar surface area (TPSA) is 78.5 Å². The van der Waals surface area contributed by atoms with E-state index >= 15 is 0 Å². The average Bonchev–Trinajstić information content (AvgIpc) is 3.11. The molecule has 0 atom stereocenters. The molecule has 2 N–H and O–H groups in total. The molecule has 6 nitrogen and oxygen atoms in total. The van der Waals surface area contributed by atoms with Crippen LogP contribution in [0.25, 0.3) is 10.8 Å². The molecule has 1 heterocycles. The Morgan fingerprint density at radius 2 is 1.53 bits per heavy atom. The third-order valence-electron chi connectivity index (χ3n) is 6.01. The molecule has 0 radical (unpaired) electrons. The van der Waals surface area contributed by atoms with Crippen molar-refractivity contribution in [2.45, 2.75) is 6.42 Å². The third kappa shape index (κ3) is 4.72. The van der Waals surface area contributed by atoms with Crippen molar-refractivity contribution in [2.24, 2.45) is 0 Å². The lowest BCUT2D eigenvalue weighted by Crippen LogP contribution is -2.34. The monoisotopic (exact) mass is 495 g/mol. The minimum Gasteiger partial charge on any atom is -0.350 e. The van der Waals surface area contributed by atoms with Crippen LogP contribution in [0.2, 0.25) is 0 Å². The van der Waals surface area contributed by atoms with Crippen LogP contribution in [0.5, 0.6) is 0 Å². The van der Waals surface area contributed by atoms with Crippen LogP contribution >= 0.6 is 11.6 Å². The standard InChI is InChI=1S/C29H22ClN3O3/c30-25-26(29(36)33(28(25)35)17-16-19-8-2-1-3-9-19)31-22-13-6-12-21(18-22)27(34)32-24-15-7-11-20-10-4-5-14-23(20)24/h1-15,18,31H,16-17H2,(H,32,34). The first-order chi connectivity index (χ1) is 17.5. The Labute approximate surface area is 213 Å². The minimum atomic E-state index is -0.537. The fourth-order valence-corrected chi connectivity index (χ4v) is 4.39. The number of halogens is 1. The quantitative estimate of drug-likeness (QED) is 0.329. The van der Waals surface area contributed by atoms with Crippen molar-refractivity contribution < 1.29 is 14.4 Å². The molecular weight excluding hydrogens is 474 g/mol. The van der Waals surface area contributed by atoms with Gasteiger partial charge in [0, 0.05) is 28.9 Å². The summed E-state index contributed by atoms with van der Waals surface area (Å²) in [5.41, 5.74) is 2.58. The molecule has 36 heavy (non-hydrogen) atoms. The summed E-state index contributed by atoms with van der Waals surface area (Å²) >= 11 is 6.24. The molecule has 5 rings (SSSR count). The summed E-state index contributed by atoms with van der Waals surface area (Å²) < 4.78 is 0. The van der Waals surface area contributed by atoms with Crippen molar-refractivity contribution >= 4 is 51.5 Å². The Morgan fingerprint density at radius 3 is 2.36 bits per heavy atom. The molecule has 0 fully saturated rings. The van der Waals surface area contributed by atoms with Crippen LogP contribution in [-0.4, -0.2) is 29.2 Å². The van der Waals surface area contributed by atoms with Crippen LogP contribution in [-0.2, 0) is 16.0 Å². The third-order valence-corrected chi connectivity index (χ3v) is 6.36. The van der Waals surface area contributed by atoms with Crippen LogP contribution in [0, 0.1) is 0 Å². The van der Waals surface area contributed by atoms with Gasteiger partial charge in [-0.3, -0.25) is 19.3 Å². The van der Waals surface area contributed by atoms with E-state index in [1.807, 2.05) is 72.8 Å². The first-order valence-electron chi connectivity index (χ1n) is 11.5. The van der Waals surface area contributed by atoms with Gasteiger partial charge in [0.15, 0.2) is 0 Å². The van der Waals surface area contributed by atoms with Gasteiger partial charge in [-0.15, -0.1) is 0 Å². The summed E-state index contributed by atoms with van der Waals surface area (Å²) in [5.74, 6) is -1.33. The Morgan fingerprint density at radius 1 is 0.806 bits per heavy atom. The van der Waals surface area contributed by atoms with E-state index in [4.69, 9.17) is 11.6 Å². The molecule has 4 aromatic rings. The van der Waals surface area contributed by atoms with E-state index in [0.717, 1.165) is 21.2 Å². The zero-order valence-corrected chi connectivity index (χ0v) is 20.0. The van der Waals surface area contributed by atoms with Crippen molar-refractivity contribution in [1.82, 2.24) is 4.90 Å². The number of carbonyl (C=O) groups excluding carboxylic acids is 3. The van der Waals surface area contributed by atoms with Crippen molar-refractivity contribution in [3.63, 3.8) is 0 Å². The van der Waals surface area contributed by atoms with Crippen LogP contribution in [0.4, 0.5) is 11.4 Å². The molecule has 7 heteroatoms. The van der Waals surface area contributed by atoms with Crippen LogP contribution in [0.3, 0.4) is 0 Å². The predicted molar refractivity (Wildman–Crippen MR) is 142 cm³/mol. The number of anilines is 2. The molecular formula is C29H22ClN3O3. The lowest BCUT2D eigenvalue weighted by atomic mass is 10.1. The fraction of sp³-hybridized carbons (Fsp3) is 0.0690. The second-order valence-electron chi connectivity index (χ2n) is 8.37. The first kappa shape index (κ1) is 23.3. The number of nitrogens with zero attached hydrogens (tertiary/aromatic N) is 1. The molecule has 0 aliphatic carbocycles. The van der Waals surface area contributed by atoms with Crippen molar-refractivity contribution in [3.05, 3.63) is 119 Å². The van der Waals surface area contributed by atoms with E-state index in [1.54, 1.807) is 24.3 Å². The highest BCUT2D eigenvalue weighted by Crippen LogP contribution is 2.27. The second-order valence-corrected chi connectivity index (χ2v) is 8.75. The molecule has 0 saturated heterocycles. The van der Waals surface area contributed by atoms with Crippen molar-refractivity contribution in [3.8, 4) is 0 Å². The van der Waals surface area contributed by atoms with Gasteiger partial charge in [-0.2, -0.15) is 0 Å². The number of carbonyl (C=O) groups is 3. The summed E-state index contributed by atoms with van der Waals surface area (Å²) in [4.78, 5) is 39.7. The highest BCUT2D eigenvalue weighted by atomic mass is 35.5. The smallest absolute Gasteiger partial charge is 0.278 e. The maximum Gasteiger partial charge on any atom is 0.278 e. The average molecular weight is 496 g/mol. The van der Waals surface area contributed by atoms with Gasteiger partial charge >= 0.3 is 0 Å². The van der Waals surface area contributed by atoms with E-state index in [9.17, 15) is 14.4 Å². The van der Waals surface area contributed by atoms with Gasteiger partial charge in [0.05, 0.1) is 0 Å². The highest BCUT2D eigenvalue weighted by molar-refractivity contribution is 6.48. The van der Waals surface area contributed by atoms with Crippen molar-refractivity contribution in [2.75, 3.05) is 17.2 Å². The first-order valence-corrected chi connectivity index (χ1v) is 11.8. The lowest BCUT2D eigenvalue weighted by molar-refractivity contribution is -0.137. The van der Waals surface area contributed by atoms with Gasteiger partial charge in [-0.25, -0.2) is 0 Å². The number of benzene rings is 4. The highest BCUT2D eigenvalue weighted by Gasteiger charge is 2.37. The summed E-state index contributed by atoms with van der Waals surface area (Å²) in [5, 5.41) is 7.68. The van der Waals surface area contributed by atoms with E-state index in [-0.39, 0.29) is 23.2 Å². The molecule has 3 amide bonds. The van der Waals surface area contributed by atoms with Gasteiger partial charge in [0.2, 0.25) is 0 Å². The van der Waals surface area contributed by atoms with Crippen LogP contribution < -0.4 is 10.6 Å². The Balaban J connectivity index is 1.30. The minimum absolute atomic E-state index is 0.00124. The number of amides is 3. The predicted octanol–water partition coefficient (Wildman–Crippen LogP) is 5.57. The summed E-state index contributed by atoms with van der Waals surface area (Å²) in [7, 11) is 0. The lowest BCUT2D eigenvalue weighted by Gasteiger charge is -2.15. The van der Waals surface area contributed by atoms with Gasteiger partial charge in [0.1, 0.15) is 10.7 Å². The van der Waals surface area contributed by atoms with Gasteiger partial charge in [0.25, 0.3) is 17.7 Å². The number of rotatable bonds is 7. The number of fused-ring (bicyclic) bond motifs is 1. The van der Waals surface area contributed by atoms with Crippen LogP contribution in [0.1, 0.15) is 15.9 Å². The Bertz CT molecular complexity index is 1510. The molecule has 4 aromatic carbocycles. The normalized spacial score (nSPS) is 13.4. The zero-order valence-electron chi connectivity index (χ0n) is 19.2. The number of hydrogen-bond acceptors (Lipinski definition) is 4. The SMILES string of the molecule is O=C(Nc1cccc2ccccc12)c1cccc(NC2=C(Cl)C(=O)N(CCc3ccccc3)C2=O)c1. The van der Waals surface area contributed by atoms with E-state index in [2.05, 4.69) is 10.6 Å². The number of imide groups is 1. The molecule has 1 aliphatic rings. The molecule has 0 spiro atoms. The zero-order chi connectivity index (χ0) is 25.1. The molecule has 0 bridgehead atoms. The Hall–Kier alpha value is -4.42. The summed E-state index contributed by atoms with van der Waals surface area (Å²) in [6, 6.07) is 29.8. The summed E-state index contributed by atoms with van der Waals surface area (Å²) in [6.07, 6.45) is 0.527. The van der Waals surface area contributed by atoms with Gasteiger partial charge < -0.3 is 10.6 Å². The Kier molecular flexibility index (Phi) is 6.52. The van der Waals surface area contributed by atoms with Crippen LogP contribution in [0.15, 0.2) is 108 Å². The molecule has 178 valence electrons. The molecule has 1 aliphatic heterocycles. The molecule has 0 unspecified atom stereocenters. The van der Waals surface area contributed by atoms with E-state index in [0.29, 0.717) is 23.4 Å². The second kappa shape index (κ2) is 10.1. The van der Waals surface area contributed by atoms with Gasteiger partial charge in [-0.1, -0.05) is 84.4 Å². The van der Waals surface area contributed by atoms with Crippen molar-refractivity contribution in [1.29, 1.82) is 0 Å². The number of hydrogen-bond donors (Lipinski definition) is 2. The largest absolute Gasteiger partial charge is 0.350 e. The maximum absolute atomic E-state index is 13.0.